The first-order valence-corrected chi connectivity index (χ1v) is 7.25. The number of phenolic OH excluding ortho intramolecular Hbond substituents is 1. The Morgan fingerprint density at radius 1 is 1.00 bits per heavy atom. The highest BCUT2D eigenvalue weighted by atomic mass is 16.5. The molecule has 0 amide bonds. The highest BCUT2D eigenvalue weighted by Crippen LogP contribution is 2.28. The summed E-state index contributed by atoms with van der Waals surface area (Å²) in [5, 5.41) is 12.2. The maximum absolute atomic E-state index is 10.3. The lowest BCUT2D eigenvalue weighted by molar-refractivity contribution is 0.340. The zero-order valence-corrected chi connectivity index (χ0v) is 12.4. The van der Waals surface area contributed by atoms with Crippen LogP contribution in [0, 0.1) is 0 Å². The molecule has 0 aromatic heterocycles. The van der Waals surface area contributed by atoms with Crippen molar-refractivity contribution in [3.8, 4) is 11.5 Å². The summed E-state index contributed by atoms with van der Waals surface area (Å²) in [5.41, 5.74) is 1.52. The first kappa shape index (κ1) is 14.1. The number of benzene rings is 3. The SMILES string of the molecule is CCOc1ccc(N=Cc2ccc3ccccc3c2O)cc1. The summed E-state index contributed by atoms with van der Waals surface area (Å²) < 4.78 is 5.40. The van der Waals surface area contributed by atoms with Gasteiger partial charge in [-0.2, -0.15) is 0 Å². The maximum atomic E-state index is 10.3. The minimum atomic E-state index is 0.257. The van der Waals surface area contributed by atoms with E-state index in [0.29, 0.717) is 12.2 Å². The van der Waals surface area contributed by atoms with Gasteiger partial charge in [-0.15, -0.1) is 0 Å². The zero-order valence-electron chi connectivity index (χ0n) is 12.4. The van der Waals surface area contributed by atoms with Crippen LogP contribution in [-0.4, -0.2) is 17.9 Å². The fourth-order valence-corrected chi connectivity index (χ4v) is 2.32. The summed E-state index contributed by atoms with van der Waals surface area (Å²) >= 11 is 0. The molecule has 1 N–H and O–H groups in total. The molecule has 3 aromatic rings. The van der Waals surface area contributed by atoms with Crippen LogP contribution in [0.2, 0.25) is 0 Å². The third-order valence-corrected chi connectivity index (χ3v) is 3.43. The van der Waals surface area contributed by atoms with E-state index in [9.17, 15) is 5.11 Å². The molecule has 22 heavy (non-hydrogen) atoms. The summed E-state index contributed by atoms with van der Waals surface area (Å²) in [7, 11) is 0. The Balaban J connectivity index is 1.87. The smallest absolute Gasteiger partial charge is 0.132 e. The average Bonchev–Trinajstić information content (AvgIpc) is 2.56. The van der Waals surface area contributed by atoms with Gasteiger partial charge in [-0.25, -0.2) is 0 Å². The van der Waals surface area contributed by atoms with Gasteiger partial charge in [0.05, 0.1) is 12.3 Å². The molecule has 0 saturated heterocycles. The number of nitrogens with zero attached hydrogens (tertiary/aromatic N) is 1. The molecule has 0 spiro atoms. The van der Waals surface area contributed by atoms with Crippen LogP contribution in [0.1, 0.15) is 12.5 Å². The molecular weight excluding hydrogens is 274 g/mol. The van der Waals surface area contributed by atoms with E-state index in [1.54, 1.807) is 6.21 Å². The van der Waals surface area contributed by atoms with Crippen LogP contribution in [-0.2, 0) is 0 Å². The second-order valence-electron chi connectivity index (χ2n) is 4.91. The third kappa shape index (κ3) is 2.93. The maximum Gasteiger partial charge on any atom is 0.132 e. The van der Waals surface area contributed by atoms with Crippen LogP contribution < -0.4 is 4.74 Å². The summed E-state index contributed by atoms with van der Waals surface area (Å²) in [5.74, 6) is 1.09. The van der Waals surface area contributed by atoms with E-state index in [1.165, 1.54) is 0 Å². The number of hydrogen-bond donors (Lipinski definition) is 1. The number of fused-ring (bicyclic) bond motifs is 1. The van der Waals surface area contributed by atoms with Crippen molar-refractivity contribution in [2.45, 2.75) is 6.92 Å². The van der Waals surface area contributed by atoms with Crippen LogP contribution in [0.5, 0.6) is 11.5 Å². The summed E-state index contributed by atoms with van der Waals surface area (Å²) in [6.07, 6.45) is 1.68. The van der Waals surface area contributed by atoms with Gasteiger partial charge in [0, 0.05) is 17.2 Å². The van der Waals surface area contributed by atoms with Crippen LogP contribution in [0.3, 0.4) is 0 Å². The lowest BCUT2D eigenvalue weighted by Crippen LogP contribution is -1.89. The average molecular weight is 291 g/mol. The Hall–Kier alpha value is -2.81. The molecule has 3 rings (SSSR count). The van der Waals surface area contributed by atoms with Gasteiger partial charge in [-0.3, -0.25) is 4.99 Å². The van der Waals surface area contributed by atoms with Crippen LogP contribution >= 0.6 is 0 Å². The highest BCUT2D eigenvalue weighted by Gasteiger charge is 2.03. The van der Waals surface area contributed by atoms with E-state index >= 15 is 0 Å². The van der Waals surface area contributed by atoms with E-state index in [0.717, 1.165) is 22.2 Å². The van der Waals surface area contributed by atoms with Crippen LogP contribution in [0.25, 0.3) is 10.8 Å². The number of phenols is 1. The number of aromatic hydroxyl groups is 1. The highest BCUT2D eigenvalue weighted by molar-refractivity contribution is 5.97. The van der Waals surface area contributed by atoms with Gasteiger partial charge < -0.3 is 9.84 Å². The molecular formula is C19H17NO2. The topological polar surface area (TPSA) is 41.8 Å². The Morgan fingerprint density at radius 2 is 1.77 bits per heavy atom. The van der Waals surface area contributed by atoms with Crippen LogP contribution in [0.15, 0.2) is 65.7 Å². The van der Waals surface area contributed by atoms with Gasteiger partial charge in [0.2, 0.25) is 0 Å². The number of rotatable bonds is 4. The third-order valence-electron chi connectivity index (χ3n) is 3.43. The first-order valence-electron chi connectivity index (χ1n) is 7.25. The van der Waals surface area contributed by atoms with E-state index < -0.39 is 0 Å². The summed E-state index contributed by atoms with van der Waals surface area (Å²) in [6.45, 7) is 2.60. The lowest BCUT2D eigenvalue weighted by atomic mass is 10.1. The van der Waals surface area contributed by atoms with Crippen molar-refractivity contribution in [2.75, 3.05) is 6.61 Å². The molecule has 0 aliphatic rings. The number of hydrogen-bond acceptors (Lipinski definition) is 3. The van der Waals surface area contributed by atoms with Crippen molar-refractivity contribution in [2.24, 2.45) is 4.99 Å². The van der Waals surface area contributed by atoms with Crippen molar-refractivity contribution >= 4 is 22.7 Å². The second kappa shape index (κ2) is 6.31. The van der Waals surface area contributed by atoms with E-state index in [-0.39, 0.29) is 5.75 Å². The molecule has 0 unspecified atom stereocenters. The molecule has 0 aliphatic carbocycles. The van der Waals surface area contributed by atoms with Gasteiger partial charge in [-0.05, 0) is 42.6 Å². The molecule has 0 bridgehead atoms. The molecule has 110 valence electrons. The molecule has 3 heteroatoms. The molecule has 0 saturated carbocycles. The Kier molecular flexibility index (Phi) is 4.05. The molecule has 0 fully saturated rings. The molecule has 0 atom stereocenters. The summed E-state index contributed by atoms with van der Waals surface area (Å²) in [6, 6.07) is 19.1. The van der Waals surface area contributed by atoms with E-state index in [2.05, 4.69) is 4.99 Å². The second-order valence-corrected chi connectivity index (χ2v) is 4.91. The standard InChI is InChI=1S/C19H17NO2/c1-2-22-17-11-9-16(10-12-17)20-13-15-8-7-14-5-3-4-6-18(14)19(15)21/h3-13,21H,2H2,1H3. The normalized spacial score (nSPS) is 11.1. The Morgan fingerprint density at radius 3 is 2.55 bits per heavy atom. The van der Waals surface area contributed by atoms with Crippen molar-refractivity contribution in [3.63, 3.8) is 0 Å². The Labute approximate surface area is 129 Å². The van der Waals surface area contributed by atoms with Gasteiger partial charge in [-0.1, -0.05) is 30.3 Å². The lowest BCUT2D eigenvalue weighted by Gasteiger charge is -2.04. The number of ether oxygens (including phenoxy) is 1. The van der Waals surface area contributed by atoms with Crippen molar-refractivity contribution < 1.29 is 9.84 Å². The fraction of sp³-hybridized carbons (Fsp3) is 0.105. The predicted octanol–water partition coefficient (Wildman–Crippen LogP) is 4.69. The summed E-state index contributed by atoms with van der Waals surface area (Å²) in [4.78, 5) is 4.40. The van der Waals surface area contributed by atoms with Crippen molar-refractivity contribution in [3.05, 3.63) is 66.2 Å². The first-order chi connectivity index (χ1) is 10.8. The van der Waals surface area contributed by atoms with Crippen molar-refractivity contribution in [1.29, 1.82) is 0 Å². The molecule has 0 radical (unpaired) electrons. The number of aliphatic imine (C=N–C) groups is 1. The minimum Gasteiger partial charge on any atom is -0.507 e. The molecule has 0 heterocycles. The minimum absolute atomic E-state index is 0.257. The van der Waals surface area contributed by atoms with Gasteiger partial charge in [0.15, 0.2) is 0 Å². The molecule has 3 nitrogen and oxygen atoms in total. The fourth-order valence-electron chi connectivity index (χ4n) is 2.32. The van der Waals surface area contributed by atoms with Gasteiger partial charge in [0.1, 0.15) is 11.5 Å². The van der Waals surface area contributed by atoms with Crippen molar-refractivity contribution in [1.82, 2.24) is 0 Å². The van der Waals surface area contributed by atoms with E-state index in [4.69, 9.17) is 4.74 Å². The van der Waals surface area contributed by atoms with Crippen LogP contribution in [0.4, 0.5) is 5.69 Å². The predicted molar refractivity (Wildman–Crippen MR) is 90.5 cm³/mol. The zero-order chi connectivity index (χ0) is 15.4. The monoisotopic (exact) mass is 291 g/mol. The largest absolute Gasteiger partial charge is 0.507 e. The molecule has 3 aromatic carbocycles. The van der Waals surface area contributed by atoms with E-state index in [1.807, 2.05) is 67.6 Å². The Bertz CT molecular complexity index is 807. The quantitative estimate of drug-likeness (QED) is 0.708. The molecule has 0 aliphatic heterocycles. The van der Waals surface area contributed by atoms with Gasteiger partial charge in [0.25, 0.3) is 0 Å². The van der Waals surface area contributed by atoms with Gasteiger partial charge >= 0.3 is 0 Å².